The van der Waals surface area contributed by atoms with E-state index in [4.69, 9.17) is 0 Å². The first-order valence-electron chi connectivity index (χ1n) is 9.69. The zero-order valence-electron chi connectivity index (χ0n) is 15.1. The van der Waals surface area contributed by atoms with Crippen LogP contribution in [0.25, 0.3) is 0 Å². The van der Waals surface area contributed by atoms with Crippen molar-refractivity contribution < 1.29 is 4.79 Å². The second kappa shape index (κ2) is 5.32. The van der Waals surface area contributed by atoms with Crippen molar-refractivity contribution in [3.05, 3.63) is 24.3 Å². The van der Waals surface area contributed by atoms with Crippen LogP contribution in [0.5, 0.6) is 0 Å². The van der Waals surface area contributed by atoms with E-state index in [1.165, 1.54) is 24.8 Å². The number of fused-ring (bicyclic) bond motifs is 5. The van der Waals surface area contributed by atoms with Crippen molar-refractivity contribution in [2.45, 2.75) is 58.8 Å². The van der Waals surface area contributed by atoms with Gasteiger partial charge in [0.05, 0.1) is 11.5 Å². The fraction of sp³-hybridized carbons (Fsp3) is 0.727. The predicted octanol–water partition coefficient (Wildman–Crippen LogP) is 5.07. The molecule has 3 fully saturated rings. The maximum atomic E-state index is 11.9. The van der Waals surface area contributed by atoms with Crippen LogP contribution in [-0.4, -0.2) is 5.78 Å². The molecular formula is C22H29NO. The second-order valence-electron chi connectivity index (χ2n) is 9.20. The average molecular weight is 323 g/mol. The van der Waals surface area contributed by atoms with E-state index in [2.05, 4.69) is 38.6 Å². The normalized spacial score (nSPS) is 50.1. The summed E-state index contributed by atoms with van der Waals surface area (Å²) in [7, 11) is 0. The number of nitrogens with zero attached hydrogens (tertiary/aromatic N) is 1. The van der Waals surface area contributed by atoms with E-state index in [0.717, 1.165) is 19.3 Å². The summed E-state index contributed by atoms with van der Waals surface area (Å²) in [6, 6.07) is 2.68. The van der Waals surface area contributed by atoms with Crippen molar-refractivity contribution in [2.24, 2.45) is 40.4 Å². The molecule has 0 unspecified atom stereocenters. The molecule has 0 bridgehead atoms. The lowest BCUT2D eigenvalue weighted by Gasteiger charge is -2.56. The third-order valence-corrected chi connectivity index (χ3v) is 8.49. The van der Waals surface area contributed by atoms with Gasteiger partial charge in [-0.2, -0.15) is 5.26 Å². The molecule has 4 aliphatic carbocycles. The molecule has 4 aliphatic rings. The number of rotatable bonds is 1. The van der Waals surface area contributed by atoms with E-state index < -0.39 is 0 Å². The molecule has 0 radical (unpaired) electrons. The lowest BCUT2D eigenvalue weighted by atomic mass is 9.48. The number of allylic oxidation sites excluding steroid dienone is 3. The smallest absolute Gasteiger partial charge is 0.136 e. The first kappa shape index (κ1) is 16.1. The summed E-state index contributed by atoms with van der Waals surface area (Å²) in [5, 5.41) is 9.85. The summed E-state index contributed by atoms with van der Waals surface area (Å²) in [6.45, 7) is 8.71. The molecule has 0 aromatic heterocycles. The predicted molar refractivity (Wildman–Crippen MR) is 94.9 cm³/mol. The highest BCUT2D eigenvalue weighted by atomic mass is 16.1. The fourth-order valence-electron chi connectivity index (χ4n) is 6.90. The highest BCUT2D eigenvalue weighted by Gasteiger charge is 2.62. The molecule has 0 aromatic carbocycles. The third-order valence-electron chi connectivity index (χ3n) is 8.49. The molecule has 0 aliphatic heterocycles. The molecule has 0 saturated heterocycles. The fourth-order valence-corrected chi connectivity index (χ4v) is 6.90. The average Bonchev–Trinajstić information content (AvgIpc) is 2.85. The molecule has 24 heavy (non-hydrogen) atoms. The van der Waals surface area contributed by atoms with Gasteiger partial charge in [-0.25, -0.2) is 0 Å². The van der Waals surface area contributed by atoms with Gasteiger partial charge in [0.15, 0.2) is 0 Å². The quantitative estimate of drug-likeness (QED) is 0.632. The Morgan fingerprint density at radius 2 is 2.08 bits per heavy atom. The highest BCUT2D eigenvalue weighted by molar-refractivity contribution is 5.82. The number of nitriles is 1. The van der Waals surface area contributed by atoms with E-state index >= 15 is 0 Å². The van der Waals surface area contributed by atoms with Gasteiger partial charge < -0.3 is 0 Å². The van der Waals surface area contributed by atoms with Gasteiger partial charge >= 0.3 is 0 Å². The van der Waals surface area contributed by atoms with Gasteiger partial charge in [-0.05, 0) is 74.0 Å². The van der Waals surface area contributed by atoms with Crippen LogP contribution < -0.4 is 0 Å². The lowest BCUT2D eigenvalue weighted by molar-refractivity contribution is -0.120. The molecule has 2 nitrogen and oxygen atoms in total. The van der Waals surface area contributed by atoms with Gasteiger partial charge in [0.25, 0.3) is 0 Å². The Hall–Kier alpha value is -1.36. The van der Waals surface area contributed by atoms with Crippen molar-refractivity contribution in [1.29, 1.82) is 5.26 Å². The molecule has 0 spiro atoms. The third kappa shape index (κ3) is 1.97. The molecule has 0 heterocycles. The van der Waals surface area contributed by atoms with Gasteiger partial charge in [0.2, 0.25) is 0 Å². The standard InChI is InChI=1S/C22H29NO/c1-4-14-11-15-12-16(24)5-6-17(15)18-7-10-22(3)19(20(14)18)8-9-21(22,2)13-23/h4,11,14,17-20H,1,5-10,12H2,2-3H3/t14-,17+,18-,19+,20-,21-,22+/m1/s1. The van der Waals surface area contributed by atoms with Gasteiger partial charge in [0, 0.05) is 12.8 Å². The summed E-state index contributed by atoms with van der Waals surface area (Å²) in [5.74, 6) is 3.36. The highest BCUT2D eigenvalue weighted by Crippen LogP contribution is 2.68. The molecule has 0 amide bonds. The Kier molecular flexibility index (Phi) is 3.57. The van der Waals surface area contributed by atoms with Crippen molar-refractivity contribution >= 4 is 5.78 Å². The van der Waals surface area contributed by atoms with E-state index in [1.54, 1.807) is 0 Å². The van der Waals surface area contributed by atoms with Crippen LogP contribution in [0.4, 0.5) is 0 Å². The number of ketones is 1. The van der Waals surface area contributed by atoms with E-state index in [1.807, 2.05) is 0 Å². The first-order valence-corrected chi connectivity index (χ1v) is 9.69. The van der Waals surface area contributed by atoms with Crippen molar-refractivity contribution in [3.8, 4) is 6.07 Å². The minimum Gasteiger partial charge on any atom is -0.299 e. The van der Waals surface area contributed by atoms with E-state index in [-0.39, 0.29) is 10.8 Å². The Balaban J connectivity index is 1.74. The van der Waals surface area contributed by atoms with Gasteiger partial charge in [-0.15, -0.1) is 6.58 Å². The number of hydrogen-bond donors (Lipinski definition) is 0. The SMILES string of the molecule is C=C[C@@H]1C=C2CC(=O)CC[C@@H]2[C@H]2CC[C@@]3(C)[C@@H](CC[C@]3(C)C#N)[C@H]12. The summed E-state index contributed by atoms with van der Waals surface area (Å²) < 4.78 is 0. The van der Waals surface area contributed by atoms with Crippen LogP contribution in [0.1, 0.15) is 58.8 Å². The Labute approximate surface area is 146 Å². The molecule has 0 aromatic rings. The Morgan fingerprint density at radius 3 is 2.79 bits per heavy atom. The molecule has 0 N–H and O–H groups in total. The Bertz CT molecular complexity index is 655. The van der Waals surface area contributed by atoms with Crippen LogP contribution in [0.15, 0.2) is 24.3 Å². The second-order valence-corrected chi connectivity index (χ2v) is 9.20. The first-order chi connectivity index (χ1) is 11.4. The van der Waals surface area contributed by atoms with Crippen molar-refractivity contribution in [1.82, 2.24) is 0 Å². The molecular weight excluding hydrogens is 294 g/mol. The topological polar surface area (TPSA) is 40.9 Å². The maximum Gasteiger partial charge on any atom is 0.136 e. The maximum absolute atomic E-state index is 11.9. The van der Waals surface area contributed by atoms with Gasteiger partial charge in [-0.3, -0.25) is 4.79 Å². The van der Waals surface area contributed by atoms with Crippen LogP contribution in [0, 0.1) is 51.8 Å². The number of carbonyl (C=O) groups excluding carboxylic acids is 1. The summed E-state index contributed by atoms with van der Waals surface area (Å²) in [5.41, 5.74) is 1.36. The molecule has 2 heteroatoms. The van der Waals surface area contributed by atoms with Gasteiger partial charge in [-0.1, -0.05) is 24.6 Å². The summed E-state index contributed by atoms with van der Waals surface area (Å²) in [6.07, 6.45) is 11.6. The zero-order valence-corrected chi connectivity index (χ0v) is 15.1. The van der Waals surface area contributed by atoms with E-state index in [0.29, 0.717) is 41.8 Å². The Morgan fingerprint density at radius 1 is 1.29 bits per heavy atom. The number of hydrogen-bond acceptors (Lipinski definition) is 2. The van der Waals surface area contributed by atoms with Crippen LogP contribution in [0.3, 0.4) is 0 Å². The van der Waals surface area contributed by atoms with Gasteiger partial charge in [0.1, 0.15) is 5.78 Å². The molecule has 3 saturated carbocycles. The van der Waals surface area contributed by atoms with Crippen LogP contribution >= 0.6 is 0 Å². The van der Waals surface area contributed by atoms with Crippen molar-refractivity contribution in [3.63, 3.8) is 0 Å². The van der Waals surface area contributed by atoms with Crippen LogP contribution in [-0.2, 0) is 4.79 Å². The monoisotopic (exact) mass is 323 g/mol. The molecule has 4 rings (SSSR count). The summed E-state index contributed by atoms with van der Waals surface area (Å²) >= 11 is 0. The minimum absolute atomic E-state index is 0.139. The van der Waals surface area contributed by atoms with E-state index in [9.17, 15) is 10.1 Å². The molecule has 7 atom stereocenters. The van der Waals surface area contributed by atoms with Crippen LogP contribution in [0.2, 0.25) is 0 Å². The zero-order chi connectivity index (χ0) is 17.1. The summed E-state index contributed by atoms with van der Waals surface area (Å²) in [4.78, 5) is 11.9. The molecule has 128 valence electrons. The minimum atomic E-state index is -0.180. The number of carbonyl (C=O) groups is 1. The van der Waals surface area contributed by atoms with Crippen molar-refractivity contribution in [2.75, 3.05) is 0 Å². The lowest BCUT2D eigenvalue weighted by Crippen LogP contribution is -2.50. The number of Topliss-reactive ketones (excluding diaryl/α,β-unsaturated/α-hetero) is 1. The largest absolute Gasteiger partial charge is 0.299 e.